The summed E-state index contributed by atoms with van der Waals surface area (Å²) in [5.41, 5.74) is 5.26. The number of imide groups is 1. The summed E-state index contributed by atoms with van der Waals surface area (Å²) in [5, 5.41) is 14.7. The van der Waals surface area contributed by atoms with Crippen molar-refractivity contribution in [3.05, 3.63) is 70.8 Å². The van der Waals surface area contributed by atoms with Gasteiger partial charge < -0.3 is 15.5 Å². The number of amides is 3. The first kappa shape index (κ1) is 30.0. The monoisotopic (exact) mass is 624 g/mol. The summed E-state index contributed by atoms with van der Waals surface area (Å²) in [5.74, 6) is -0.539. The number of carbonyl (C=O) groups is 3. The molecule has 1 saturated heterocycles. The highest BCUT2D eigenvalue weighted by atomic mass is 19.1. The Labute approximate surface area is 266 Å². The second kappa shape index (κ2) is 11.9. The van der Waals surface area contributed by atoms with E-state index in [0.717, 1.165) is 41.5 Å². The van der Waals surface area contributed by atoms with E-state index in [1.807, 2.05) is 31.3 Å². The highest BCUT2D eigenvalue weighted by Gasteiger charge is 2.39. The number of nitrogens with one attached hydrogen (secondary N) is 3. The normalized spacial score (nSPS) is 21.4. The van der Waals surface area contributed by atoms with E-state index >= 15 is 4.39 Å². The van der Waals surface area contributed by atoms with Gasteiger partial charge in [0.15, 0.2) is 5.82 Å². The number of nitrogens with zero attached hydrogens (tertiary/aromatic N) is 5. The minimum atomic E-state index is -0.629. The molecule has 2 aliphatic heterocycles. The van der Waals surface area contributed by atoms with Crippen LogP contribution in [-0.2, 0) is 29.7 Å². The molecule has 3 N–H and O–H groups in total. The van der Waals surface area contributed by atoms with E-state index < -0.39 is 11.9 Å². The van der Waals surface area contributed by atoms with Gasteiger partial charge in [-0.1, -0.05) is 26.0 Å². The molecule has 2 fully saturated rings. The summed E-state index contributed by atoms with van der Waals surface area (Å²) in [6.45, 7) is 5.10. The molecular formula is C34H37FN8O3. The Kier molecular flexibility index (Phi) is 7.75. The Morgan fingerprint density at radius 1 is 1.09 bits per heavy atom. The van der Waals surface area contributed by atoms with Gasteiger partial charge in [-0.15, -0.1) is 0 Å². The predicted molar refractivity (Wildman–Crippen MR) is 170 cm³/mol. The molecule has 0 spiro atoms. The average molecular weight is 625 g/mol. The molecule has 4 aromatic rings. The summed E-state index contributed by atoms with van der Waals surface area (Å²) >= 11 is 0. The van der Waals surface area contributed by atoms with Crippen molar-refractivity contribution in [2.45, 2.75) is 83.1 Å². The predicted octanol–water partition coefficient (Wildman–Crippen LogP) is 4.18. The molecule has 1 aliphatic carbocycles. The molecule has 12 heteroatoms. The van der Waals surface area contributed by atoms with Crippen molar-refractivity contribution < 1.29 is 18.8 Å². The Balaban J connectivity index is 0.993. The van der Waals surface area contributed by atoms with Crippen molar-refractivity contribution in [3.63, 3.8) is 0 Å². The van der Waals surface area contributed by atoms with Crippen LogP contribution in [0.25, 0.3) is 22.2 Å². The summed E-state index contributed by atoms with van der Waals surface area (Å²) in [6.07, 6.45) is 5.05. The minimum absolute atomic E-state index is 0.165. The number of aromatic nitrogens is 4. The van der Waals surface area contributed by atoms with Crippen LogP contribution in [0.2, 0.25) is 0 Å². The van der Waals surface area contributed by atoms with Crippen molar-refractivity contribution in [3.8, 4) is 11.3 Å². The minimum Gasteiger partial charge on any atom is -0.351 e. The van der Waals surface area contributed by atoms with Gasteiger partial charge in [0.2, 0.25) is 17.8 Å². The number of benzene rings is 2. The molecule has 11 nitrogen and oxygen atoms in total. The number of aryl methyl sites for hydroxylation is 1. The molecule has 2 aromatic carbocycles. The van der Waals surface area contributed by atoms with Crippen LogP contribution in [0.4, 0.5) is 10.3 Å². The Morgan fingerprint density at radius 2 is 1.91 bits per heavy atom. The maximum atomic E-state index is 15.1. The first-order chi connectivity index (χ1) is 22.2. The van der Waals surface area contributed by atoms with Crippen LogP contribution in [0.3, 0.4) is 0 Å². The number of hydrogen-bond donors (Lipinski definition) is 3. The van der Waals surface area contributed by atoms with E-state index in [1.165, 1.54) is 6.07 Å². The molecule has 46 heavy (non-hydrogen) atoms. The van der Waals surface area contributed by atoms with Gasteiger partial charge >= 0.3 is 0 Å². The van der Waals surface area contributed by atoms with E-state index in [-0.39, 0.29) is 42.1 Å². The fourth-order valence-electron chi connectivity index (χ4n) is 7.25. The van der Waals surface area contributed by atoms with Gasteiger partial charge in [-0.3, -0.25) is 24.4 Å². The van der Waals surface area contributed by atoms with Crippen molar-refractivity contribution in [2.75, 3.05) is 5.32 Å². The lowest BCUT2D eigenvalue weighted by molar-refractivity contribution is -0.136. The number of carbonyl (C=O) groups excluding carboxylic acids is 3. The molecule has 3 aliphatic rings. The van der Waals surface area contributed by atoms with E-state index in [9.17, 15) is 14.4 Å². The van der Waals surface area contributed by atoms with Crippen LogP contribution in [-0.4, -0.2) is 60.5 Å². The molecule has 4 heterocycles. The van der Waals surface area contributed by atoms with Crippen molar-refractivity contribution in [1.82, 2.24) is 35.3 Å². The second-order valence-corrected chi connectivity index (χ2v) is 12.9. The standard InChI is InChI=1S/C34H37FN8O3/c1-18(2)31-24-13-20(14-26(35)30(24)41-42(31)3)27-11-12-36-34(39-27)38-22-8-7-21(15-22)37-16-19-5-4-6-23-25(19)17-43(33(23)46)28-9-10-29(44)40-32(28)45/h4-6,11-14,18,21-22,28,37H,7-10,15-17H2,1-3H3,(H,36,38,39)(H,40,44,45)/t21?,22-,28?/m0/s1. The molecule has 1 saturated carbocycles. The Bertz CT molecular complexity index is 1870. The van der Waals surface area contributed by atoms with Crippen LogP contribution < -0.4 is 16.0 Å². The first-order valence-corrected chi connectivity index (χ1v) is 15.9. The van der Waals surface area contributed by atoms with Gasteiger partial charge in [0.05, 0.1) is 5.69 Å². The largest absolute Gasteiger partial charge is 0.351 e. The number of fused-ring (bicyclic) bond motifs is 2. The van der Waals surface area contributed by atoms with Gasteiger partial charge in [-0.05, 0) is 67.0 Å². The highest BCUT2D eigenvalue weighted by molar-refractivity contribution is 6.05. The number of hydrogen-bond acceptors (Lipinski definition) is 8. The highest BCUT2D eigenvalue weighted by Crippen LogP contribution is 2.33. The third kappa shape index (κ3) is 5.51. The van der Waals surface area contributed by atoms with Crippen LogP contribution in [0, 0.1) is 5.82 Å². The van der Waals surface area contributed by atoms with E-state index in [2.05, 4.69) is 39.9 Å². The van der Waals surface area contributed by atoms with E-state index in [0.29, 0.717) is 47.8 Å². The zero-order valence-corrected chi connectivity index (χ0v) is 26.1. The van der Waals surface area contributed by atoms with Gasteiger partial charge in [0, 0.05) is 67.0 Å². The van der Waals surface area contributed by atoms with Gasteiger partial charge in [0.1, 0.15) is 11.6 Å². The van der Waals surface area contributed by atoms with Crippen molar-refractivity contribution in [2.24, 2.45) is 7.05 Å². The average Bonchev–Trinajstić information content (AvgIpc) is 3.71. The lowest BCUT2D eigenvalue weighted by Crippen LogP contribution is -2.52. The maximum absolute atomic E-state index is 15.1. The molecule has 2 aromatic heterocycles. The van der Waals surface area contributed by atoms with E-state index in [1.54, 1.807) is 21.8 Å². The smallest absolute Gasteiger partial charge is 0.255 e. The van der Waals surface area contributed by atoms with Crippen LogP contribution >= 0.6 is 0 Å². The fraction of sp³-hybridized carbons (Fsp3) is 0.412. The van der Waals surface area contributed by atoms with Crippen LogP contribution in [0.5, 0.6) is 0 Å². The topological polar surface area (TPSA) is 134 Å². The molecule has 3 amide bonds. The van der Waals surface area contributed by atoms with Crippen molar-refractivity contribution >= 4 is 34.6 Å². The number of rotatable bonds is 8. The quantitative estimate of drug-likeness (QED) is 0.249. The zero-order chi connectivity index (χ0) is 32.1. The van der Waals surface area contributed by atoms with Crippen LogP contribution in [0.1, 0.15) is 79.0 Å². The second-order valence-electron chi connectivity index (χ2n) is 12.9. The van der Waals surface area contributed by atoms with Gasteiger partial charge in [-0.25, -0.2) is 14.4 Å². The molecule has 3 atom stereocenters. The number of halogens is 1. The van der Waals surface area contributed by atoms with Crippen molar-refractivity contribution in [1.29, 1.82) is 0 Å². The molecule has 0 radical (unpaired) electrons. The third-order valence-electron chi connectivity index (χ3n) is 9.46. The SMILES string of the molecule is CC(C)c1c2cc(-c3ccnc(N[C@H]4CCC(NCc5cccc6c5CN(C5CCC(=O)NC5=O)C6=O)C4)n3)cc(F)c2nn1C. The molecule has 7 rings (SSSR count). The molecular weight excluding hydrogens is 587 g/mol. The van der Waals surface area contributed by atoms with Gasteiger partial charge in [0.25, 0.3) is 5.91 Å². The molecule has 0 bridgehead atoms. The maximum Gasteiger partial charge on any atom is 0.255 e. The zero-order valence-electron chi connectivity index (χ0n) is 26.1. The lowest BCUT2D eigenvalue weighted by atomic mass is 10.0. The Hall–Kier alpha value is -4.71. The summed E-state index contributed by atoms with van der Waals surface area (Å²) < 4.78 is 16.8. The summed E-state index contributed by atoms with van der Waals surface area (Å²) in [6, 6.07) is 10.7. The first-order valence-electron chi connectivity index (χ1n) is 15.9. The summed E-state index contributed by atoms with van der Waals surface area (Å²) in [7, 11) is 1.84. The van der Waals surface area contributed by atoms with Gasteiger partial charge in [-0.2, -0.15) is 5.10 Å². The van der Waals surface area contributed by atoms with E-state index in [4.69, 9.17) is 4.98 Å². The number of piperidine rings is 1. The van der Waals surface area contributed by atoms with Crippen LogP contribution in [0.15, 0.2) is 42.6 Å². The molecule has 238 valence electrons. The molecule has 2 unspecified atom stereocenters. The Morgan fingerprint density at radius 3 is 2.72 bits per heavy atom. The fourth-order valence-corrected chi connectivity index (χ4v) is 7.25. The number of anilines is 1. The lowest BCUT2D eigenvalue weighted by Gasteiger charge is -2.29. The summed E-state index contributed by atoms with van der Waals surface area (Å²) in [4.78, 5) is 48.0. The third-order valence-corrected chi connectivity index (χ3v) is 9.46.